The van der Waals surface area contributed by atoms with Gasteiger partial charge in [0, 0.05) is 49.1 Å². The second kappa shape index (κ2) is 10.4. The quantitative estimate of drug-likeness (QED) is 0.400. The van der Waals surface area contributed by atoms with Crippen LogP contribution in [-0.4, -0.2) is 63.6 Å². The van der Waals surface area contributed by atoms with Crippen molar-refractivity contribution in [3.8, 4) is 0 Å². The van der Waals surface area contributed by atoms with E-state index in [0.29, 0.717) is 43.9 Å². The molecule has 4 heterocycles. The highest BCUT2D eigenvalue weighted by atomic mass is 19.4. The van der Waals surface area contributed by atoms with Gasteiger partial charge in [-0.2, -0.15) is 13.2 Å². The van der Waals surface area contributed by atoms with Crippen LogP contribution in [0, 0.1) is 0 Å². The van der Waals surface area contributed by atoms with E-state index < -0.39 is 29.3 Å². The van der Waals surface area contributed by atoms with E-state index in [1.807, 2.05) is 29.8 Å². The number of halogens is 3. The summed E-state index contributed by atoms with van der Waals surface area (Å²) in [6, 6.07) is 10.1. The first-order valence-corrected chi connectivity index (χ1v) is 14.3. The minimum absolute atomic E-state index is 0.0329. The van der Waals surface area contributed by atoms with Gasteiger partial charge in [-0.25, -0.2) is 4.79 Å². The summed E-state index contributed by atoms with van der Waals surface area (Å²) in [7, 11) is 1.87. The van der Waals surface area contributed by atoms with Gasteiger partial charge in [-0.05, 0) is 68.1 Å². The molecule has 1 atom stereocenters. The average molecular weight is 598 g/mol. The number of ether oxygens (including phenoxy) is 2. The zero-order valence-corrected chi connectivity index (χ0v) is 24.6. The lowest BCUT2D eigenvalue weighted by Gasteiger charge is -2.42. The van der Waals surface area contributed by atoms with E-state index >= 15 is 0 Å². The minimum Gasteiger partial charge on any atom is -0.444 e. The summed E-state index contributed by atoms with van der Waals surface area (Å²) in [4.78, 5) is 29.2. The molecule has 6 rings (SSSR count). The summed E-state index contributed by atoms with van der Waals surface area (Å²) >= 11 is 0. The van der Waals surface area contributed by atoms with Crippen molar-refractivity contribution >= 4 is 17.7 Å². The Hall–Kier alpha value is -3.93. The first kappa shape index (κ1) is 29.2. The number of rotatable bonds is 5. The Bertz CT molecular complexity index is 1570. The van der Waals surface area contributed by atoms with Gasteiger partial charge in [0.25, 0.3) is 5.91 Å². The maximum atomic E-state index is 14.4. The maximum Gasteiger partial charge on any atom is 0.416 e. The molecule has 3 aliphatic heterocycles. The van der Waals surface area contributed by atoms with E-state index in [9.17, 15) is 22.8 Å². The third kappa shape index (κ3) is 5.48. The molecule has 2 fully saturated rings. The third-order valence-corrected chi connectivity index (χ3v) is 8.51. The van der Waals surface area contributed by atoms with Crippen LogP contribution in [0.15, 0.2) is 42.7 Å². The van der Waals surface area contributed by atoms with Gasteiger partial charge in [0.2, 0.25) is 0 Å². The molecule has 0 radical (unpaired) electrons. The van der Waals surface area contributed by atoms with Gasteiger partial charge in [0.15, 0.2) is 0 Å². The van der Waals surface area contributed by atoms with Gasteiger partial charge in [0.1, 0.15) is 17.8 Å². The SMILES string of the molecule is Cn1cnnc1CC1(c2cccc(N3Cc4c(cc(C5CCN(C(=O)OC(C)(C)C)C5)cc4C(F)(F)F)C3=O)c2)COC1. The van der Waals surface area contributed by atoms with Crippen molar-refractivity contribution in [1.29, 1.82) is 0 Å². The fourth-order valence-corrected chi connectivity index (χ4v) is 6.15. The lowest BCUT2D eigenvalue weighted by Crippen LogP contribution is -2.49. The second-order valence-corrected chi connectivity index (χ2v) is 12.8. The Kier molecular flexibility index (Phi) is 7.02. The molecule has 0 aliphatic carbocycles. The molecule has 2 aromatic carbocycles. The molecule has 1 aromatic heterocycles. The van der Waals surface area contributed by atoms with Crippen LogP contribution in [0.25, 0.3) is 0 Å². The summed E-state index contributed by atoms with van der Waals surface area (Å²) in [6.45, 7) is 6.61. The number of alkyl halides is 3. The van der Waals surface area contributed by atoms with Gasteiger partial charge in [0.05, 0.1) is 25.3 Å². The molecule has 0 N–H and O–H groups in total. The van der Waals surface area contributed by atoms with Crippen LogP contribution < -0.4 is 4.90 Å². The van der Waals surface area contributed by atoms with Crippen molar-refractivity contribution < 1.29 is 32.2 Å². The summed E-state index contributed by atoms with van der Waals surface area (Å²) in [6.07, 6.45) is -2.46. The molecule has 3 aliphatic rings. The number of carbonyl (C=O) groups excluding carboxylic acids is 2. The normalized spacial score (nSPS) is 19.9. The highest BCUT2D eigenvalue weighted by Crippen LogP contribution is 2.43. The number of nitrogens with zero attached hydrogens (tertiary/aromatic N) is 5. The van der Waals surface area contributed by atoms with E-state index in [0.717, 1.165) is 17.5 Å². The van der Waals surface area contributed by atoms with Gasteiger partial charge < -0.3 is 23.8 Å². The zero-order valence-electron chi connectivity index (χ0n) is 24.6. The van der Waals surface area contributed by atoms with E-state index in [2.05, 4.69) is 10.2 Å². The Morgan fingerprint density at radius 1 is 1.16 bits per heavy atom. The van der Waals surface area contributed by atoms with Crippen LogP contribution in [0.2, 0.25) is 0 Å². The van der Waals surface area contributed by atoms with Gasteiger partial charge in [-0.3, -0.25) is 4.79 Å². The summed E-state index contributed by atoms with van der Waals surface area (Å²) in [5, 5.41) is 8.17. The molecular formula is C31H34F3N5O4. The number of aromatic nitrogens is 3. The molecule has 0 bridgehead atoms. The summed E-state index contributed by atoms with van der Waals surface area (Å²) < 4.78 is 56.1. The topological polar surface area (TPSA) is 89.8 Å². The van der Waals surface area contributed by atoms with Crippen molar-refractivity contribution in [3.63, 3.8) is 0 Å². The van der Waals surface area contributed by atoms with Crippen LogP contribution in [0.4, 0.5) is 23.7 Å². The highest BCUT2D eigenvalue weighted by molar-refractivity contribution is 6.10. The van der Waals surface area contributed by atoms with Crippen LogP contribution in [0.1, 0.15) is 71.5 Å². The smallest absolute Gasteiger partial charge is 0.416 e. The van der Waals surface area contributed by atoms with Crippen molar-refractivity contribution in [2.24, 2.45) is 7.05 Å². The van der Waals surface area contributed by atoms with Crippen LogP contribution in [0.5, 0.6) is 0 Å². The van der Waals surface area contributed by atoms with Crippen LogP contribution in [0.3, 0.4) is 0 Å². The van der Waals surface area contributed by atoms with E-state index in [1.165, 1.54) is 9.80 Å². The number of hydrogen-bond acceptors (Lipinski definition) is 6. The molecule has 2 saturated heterocycles. The van der Waals surface area contributed by atoms with Crippen molar-refractivity contribution in [2.75, 3.05) is 31.2 Å². The molecule has 43 heavy (non-hydrogen) atoms. The first-order chi connectivity index (χ1) is 20.2. The molecule has 0 spiro atoms. The molecule has 12 heteroatoms. The molecular weight excluding hydrogens is 563 g/mol. The molecule has 228 valence electrons. The first-order valence-electron chi connectivity index (χ1n) is 14.3. The van der Waals surface area contributed by atoms with Crippen molar-refractivity contribution in [2.45, 2.75) is 63.3 Å². The van der Waals surface area contributed by atoms with Gasteiger partial charge in [-0.15, -0.1) is 10.2 Å². The predicted octanol–water partition coefficient (Wildman–Crippen LogP) is 5.23. The number of hydrogen-bond donors (Lipinski definition) is 0. The number of amides is 2. The third-order valence-electron chi connectivity index (χ3n) is 8.51. The Morgan fingerprint density at radius 3 is 2.56 bits per heavy atom. The standard InChI is InChI=1S/C31H34F3N5O4/c1-29(2,3)43-28(41)38-9-8-19(14-38)20-10-23-24(25(11-20)31(32,33)34)15-39(27(23)40)22-7-5-6-21(12-22)30(16-42-17-30)13-26-36-35-18-37(26)4/h5-7,10-12,18-19H,8-9,13-17H2,1-4H3. The van der Waals surface area contributed by atoms with Crippen LogP contribution >= 0.6 is 0 Å². The second-order valence-electron chi connectivity index (χ2n) is 12.8. The number of likely N-dealkylation sites (tertiary alicyclic amines) is 1. The number of carbonyl (C=O) groups is 2. The van der Waals surface area contributed by atoms with Gasteiger partial charge >= 0.3 is 12.3 Å². The highest BCUT2D eigenvalue weighted by Gasteiger charge is 2.44. The number of fused-ring (bicyclic) bond motifs is 1. The Labute approximate surface area is 247 Å². The van der Waals surface area contributed by atoms with Crippen molar-refractivity contribution in [1.82, 2.24) is 19.7 Å². The number of anilines is 1. The lowest BCUT2D eigenvalue weighted by atomic mass is 9.75. The molecule has 2 amide bonds. The zero-order chi connectivity index (χ0) is 30.7. The average Bonchev–Trinajstić information content (AvgIpc) is 3.64. The fraction of sp³-hybridized carbons (Fsp3) is 0.484. The molecule has 0 saturated carbocycles. The number of benzene rings is 2. The van der Waals surface area contributed by atoms with Crippen LogP contribution in [-0.2, 0) is 41.1 Å². The van der Waals surface area contributed by atoms with Crippen molar-refractivity contribution in [3.05, 3.63) is 76.4 Å². The van der Waals surface area contributed by atoms with E-state index in [-0.39, 0.29) is 35.5 Å². The van der Waals surface area contributed by atoms with E-state index in [4.69, 9.17) is 9.47 Å². The van der Waals surface area contributed by atoms with Gasteiger partial charge in [-0.1, -0.05) is 12.1 Å². The molecule has 9 nitrogen and oxygen atoms in total. The Balaban J connectivity index is 1.29. The summed E-state index contributed by atoms with van der Waals surface area (Å²) in [5.41, 5.74) is -0.00728. The largest absolute Gasteiger partial charge is 0.444 e. The van der Waals surface area contributed by atoms with E-state index in [1.54, 1.807) is 39.2 Å². The Morgan fingerprint density at radius 2 is 1.93 bits per heavy atom. The molecule has 1 unspecified atom stereocenters. The summed E-state index contributed by atoms with van der Waals surface area (Å²) in [5.74, 6) is -0.0326. The molecule has 3 aromatic rings. The predicted molar refractivity (Wildman–Crippen MR) is 151 cm³/mol. The fourth-order valence-electron chi connectivity index (χ4n) is 6.15. The minimum atomic E-state index is -4.65. The lowest BCUT2D eigenvalue weighted by molar-refractivity contribution is -0.138. The number of aryl methyl sites for hydroxylation is 1. The maximum absolute atomic E-state index is 14.4. The monoisotopic (exact) mass is 597 g/mol.